The van der Waals surface area contributed by atoms with Crippen LogP contribution in [-0.4, -0.2) is 32.1 Å². The molecule has 0 aliphatic carbocycles. The van der Waals surface area contributed by atoms with Crippen LogP contribution in [0.1, 0.15) is 5.56 Å². The molecule has 2 rings (SSSR count). The number of benzene rings is 1. The first-order valence-corrected chi connectivity index (χ1v) is 6.35. The van der Waals surface area contributed by atoms with E-state index in [0.29, 0.717) is 5.25 Å². The third-order valence-corrected chi connectivity index (χ3v) is 3.75. The summed E-state index contributed by atoms with van der Waals surface area (Å²) >= 11 is 1.57. The Morgan fingerprint density at radius 3 is 2.88 bits per heavy atom. The predicted molar refractivity (Wildman–Crippen MR) is 64.5 cm³/mol. The van der Waals surface area contributed by atoms with Crippen LogP contribution < -0.4 is 5.32 Å². The maximum absolute atomic E-state index is 13.7. The Kier molecular flexibility index (Phi) is 4.21. The fourth-order valence-corrected chi connectivity index (χ4v) is 2.53. The Morgan fingerprint density at radius 2 is 2.31 bits per heavy atom. The highest BCUT2D eigenvalue weighted by Crippen LogP contribution is 2.30. The van der Waals surface area contributed by atoms with Crippen LogP contribution in [0.2, 0.25) is 0 Å². The zero-order valence-corrected chi connectivity index (χ0v) is 10.1. The topological polar surface area (TPSA) is 21.3 Å². The number of ether oxygens (including phenoxy) is 1. The van der Waals surface area contributed by atoms with Gasteiger partial charge in [-0.15, -0.1) is 11.8 Å². The summed E-state index contributed by atoms with van der Waals surface area (Å²) in [5, 5.41) is 3.48. The van der Waals surface area contributed by atoms with Crippen molar-refractivity contribution in [1.29, 1.82) is 0 Å². The fourth-order valence-electron chi connectivity index (χ4n) is 1.53. The summed E-state index contributed by atoms with van der Waals surface area (Å²) < 4.78 is 18.8. The Labute approximate surface area is 99.6 Å². The lowest BCUT2D eigenvalue weighted by molar-refractivity contribution is 0.0455. The molecule has 1 aliphatic heterocycles. The third kappa shape index (κ3) is 2.97. The minimum Gasteiger partial charge on any atom is -0.379 e. The van der Waals surface area contributed by atoms with Crippen LogP contribution in [-0.2, 0) is 11.2 Å². The lowest BCUT2D eigenvalue weighted by atomic mass is 10.1. The van der Waals surface area contributed by atoms with E-state index in [1.807, 2.05) is 19.2 Å². The van der Waals surface area contributed by atoms with Gasteiger partial charge in [0.2, 0.25) is 0 Å². The van der Waals surface area contributed by atoms with Crippen LogP contribution in [0.5, 0.6) is 0 Å². The molecule has 1 N–H and O–H groups in total. The molecule has 88 valence electrons. The van der Waals surface area contributed by atoms with E-state index in [0.717, 1.165) is 36.6 Å². The molecule has 1 aromatic carbocycles. The summed E-state index contributed by atoms with van der Waals surface area (Å²) in [4.78, 5) is 0.738. The molecule has 1 saturated heterocycles. The molecule has 0 saturated carbocycles. The number of halogens is 1. The van der Waals surface area contributed by atoms with Crippen LogP contribution in [0.3, 0.4) is 0 Å². The van der Waals surface area contributed by atoms with Crippen LogP contribution in [0, 0.1) is 5.82 Å². The highest BCUT2D eigenvalue weighted by atomic mass is 32.2. The van der Waals surface area contributed by atoms with Crippen molar-refractivity contribution in [1.82, 2.24) is 5.32 Å². The molecule has 0 spiro atoms. The first kappa shape index (κ1) is 11.9. The minimum atomic E-state index is -0.106. The molecule has 0 atom stereocenters. The standard InChI is InChI=1S/C12H16FNOS/c1-14-5-4-9-2-3-12(11(13)6-9)16-10-7-15-8-10/h2-3,6,10,14H,4-5,7-8H2,1H3. The molecule has 1 heterocycles. The first-order chi connectivity index (χ1) is 7.79. The van der Waals surface area contributed by atoms with Gasteiger partial charge in [-0.05, 0) is 37.7 Å². The monoisotopic (exact) mass is 241 g/mol. The number of hydrogen-bond donors (Lipinski definition) is 1. The molecular formula is C12H16FNOS. The van der Waals surface area contributed by atoms with Gasteiger partial charge in [-0.3, -0.25) is 0 Å². The molecule has 1 fully saturated rings. The highest BCUT2D eigenvalue weighted by Gasteiger charge is 2.20. The van der Waals surface area contributed by atoms with Gasteiger partial charge < -0.3 is 10.1 Å². The van der Waals surface area contributed by atoms with E-state index in [1.165, 1.54) is 0 Å². The van der Waals surface area contributed by atoms with E-state index in [4.69, 9.17) is 4.74 Å². The van der Waals surface area contributed by atoms with E-state index in [1.54, 1.807) is 17.8 Å². The van der Waals surface area contributed by atoms with Crippen molar-refractivity contribution < 1.29 is 9.13 Å². The Hall–Kier alpha value is -0.580. The maximum atomic E-state index is 13.7. The summed E-state index contributed by atoms with van der Waals surface area (Å²) in [5.74, 6) is -0.106. The summed E-state index contributed by atoms with van der Waals surface area (Å²) in [7, 11) is 1.90. The number of rotatable bonds is 5. The second kappa shape index (κ2) is 5.66. The van der Waals surface area contributed by atoms with Crippen LogP contribution >= 0.6 is 11.8 Å². The molecule has 16 heavy (non-hydrogen) atoms. The molecule has 1 aliphatic rings. The zero-order valence-electron chi connectivity index (χ0n) is 9.33. The molecule has 0 amide bonds. The second-order valence-electron chi connectivity index (χ2n) is 3.90. The second-order valence-corrected chi connectivity index (χ2v) is 5.24. The average Bonchev–Trinajstić information content (AvgIpc) is 2.22. The Balaban J connectivity index is 1.97. The molecule has 0 radical (unpaired) electrons. The van der Waals surface area contributed by atoms with Gasteiger partial charge in [0.05, 0.1) is 18.5 Å². The van der Waals surface area contributed by atoms with E-state index >= 15 is 0 Å². The van der Waals surface area contributed by atoms with Gasteiger partial charge in [0.15, 0.2) is 0 Å². The molecular weight excluding hydrogens is 225 g/mol. The van der Waals surface area contributed by atoms with Crippen LogP contribution in [0.15, 0.2) is 23.1 Å². The molecule has 0 unspecified atom stereocenters. The van der Waals surface area contributed by atoms with Gasteiger partial charge in [-0.25, -0.2) is 4.39 Å². The third-order valence-electron chi connectivity index (χ3n) is 2.56. The van der Waals surface area contributed by atoms with Crippen molar-refractivity contribution in [3.8, 4) is 0 Å². The smallest absolute Gasteiger partial charge is 0.137 e. The van der Waals surface area contributed by atoms with Crippen molar-refractivity contribution in [2.24, 2.45) is 0 Å². The van der Waals surface area contributed by atoms with Crippen molar-refractivity contribution >= 4 is 11.8 Å². The minimum absolute atomic E-state index is 0.106. The van der Waals surface area contributed by atoms with E-state index in [-0.39, 0.29) is 5.82 Å². The van der Waals surface area contributed by atoms with Crippen LogP contribution in [0.4, 0.5) is 4.39 Å². The molecule has 0 aromatic heterocycles. The molecule has 2 nitrogen and oxygen atoms in total. The highest BCUT2D eigenvalue weighted by molar-refractivity contribution is 8.00. The molecule has 1 aromatic rings. The van der Waals surface area contributed by atoms with Gasteiger partial charge >= 0.3 is 0 Å². The summed E-state index contributed by atoms with van der Waals surface area (Å²) in [6.45, 7) is 2.36. The summed E-state index contributed by atoms with van der Waals surface area (Å²) in [6, 6.07) is 5.52. The molecule has 0 bridgehead atoms. The number of likely N-dealkylation sites (N-methyl/N-ethyl adjacent to an activating group) is 1. The van der Waals surface area contributed by atoms with Crippen molar-refractivity contribution in [2.45, 2.75) is 16.6 Å². The van der Waals surface area contributed by atoms with Gasteiger partial charge in [0.25, 0.3) is 0 Å². The quantitative estimate of drug-likeness (QED) is 0.853. The lowest BCUT2D eigenvalue weighted by Gasteiger charge is -2.25. The number of thioether (sulfide) groups is 1. The number of hydrogen-bond acceptors (Lipinski definition) is 3. The maximum Gasteiger partial charge on any atom is 0.137 e. The van der Waals surface area contributed by atoms with Crippen molar-refractivity contribution in [3.05, 3.63) is 29.6 Å². The van der Waals surface area contributed by atoms with E-state index in [9.17, 15) is 4.39 Å². The average molecular weight is 241 g/mol. The van der Waals surface area contributed by atoms with Gasteiger partial charge in [-0.1, -0.05) is 6.07 Å². The molecule has 4 heteroatoms. The van der Waals surface area contributed by atoms with E-state index < -0.39 is 0 Å². The zero-order chi connectivity index (χ0) is 11.4. The fraction of sp³-hybridized carbons (Fsp3) is 0.500. The van der Waals surface area contributed by atoms with E-state index in [2.05, 4.69) is 5.32 Å². The summed E-state index contributed by atoms with van der Waals surface area (Å²) in [5.41, 5.74) is 1.04. The van der Waals surface area contributed by atoms with Gasteiger partial charge in [0.1, 0.15) is 5.82 Å². The normalized spacial score (nSPS) is 16.1. The largest absolute Gasteiger partial charge is 0.379 e. The Morgan fingerprint density at radius 1 is 1.50 bits per heavy atom. The number of nitrogens with one attached hydrogen (secondary N) is 1. The predicted octanol–water partition coefficient (Wildman–Crippen LogP) is 2.08. The van der Waals surface area contributed by atoms with Gasteiger partial charge in [-0.2, -0.15) is 0 Å². The van der Waals surface area contributed by atoms with Crippen molar-refractivity contribution in [2.75, 3.05) is 26.8 Å². The first-order valence-electron chi connectivity index (χ1n) is 5.47. The van der Waals surface area contributed by atoms with Crippen LogP contribution in [0.25, 0.3) is 0 Å². The summed E-state index contributed by atoms with van der Waals surface area (Å²) in [6.07, 6.45) is 0.866. The van der Waals surface area contributed by atoms with Crippen molar-refractivity contribution in [3.63, 3.8) is 0 Å². The lowest BCUT2D eigenvalue weighted by Crippen LogP contribution is -2.30. The van der Waals surface area contributed by atoms with Gasteiger partial charge in [0, 0.05) is 4.90 Å². The SMILES string of the molecule is CNCCc1ccc(SC2COC2)c(F)c1. The Bertz CT molecular complexity index is 355.